The predicted octanol–water partition coefficient (Wildman–Crippen LogP) is 1.93. The zero-order chi connectivity index (χ0) is 25.2. The van der Waals surface area contributed by atoms with E-state index in [2.05, 4.69) is 10.2 Å². The summed E-state index contributed by atoms with van der Waals surface area (Å²) in [4.78, 5) is 24.6. The Bertz CT molecular complexity index is 1010. The summed E-state index contributed by atoms with van der Waals surface area (Å²) >= 11 is 0.742. The molecule has 33 heavy (non-hydrogen) atoms. The molecular weight excluding hydrogens is 498 g/mol. The zero-order valence-corrected chi connectivity index (χ0v) is 21.3. The molecule has 0 saturated carbocycles. The van der Waals surface area contributed by atoms with Gasteiger partial charge >= 0.3 is 5.97 Å². The molecular formula is C18H31N3O9S3. The first kappa shape index (κ1) is 29.2. The highest BCUT2D eigenvalue weighted by atomic mass is 32.3. The van der Waals surface area contributed by atoms with Crippen molar-refractivity contribution in [2.45, 2.75) is 72.6 Å². The van der Waals surface area contributed by atoms with Gasteiger partial charge < -0.3 is 14.9 Å². The van der Waals surface area contributed by atoms with E-state index in [1.54, 1.807) is 6.92 Å². The molecule has 1 aromatic heterocycles. The fourth-order valence-electron chi connectivity index (χ4n) is 2.98. The third-order valence-electron chi connectivity index (χ3n) is 4.62. The summed E-state index contributed by atoms with van der Waals surface area (Å²) in [5, 5.41) is 16.6. The Morgan fingerprint density at radius 3 is 2.52 bits per heavy atom. The fraction of sp³-hybridized carbons (Fsp3) is 0.722. The molecule has 2 atom stereocenters. The van der Waals surface area contributed by atoms with Crippen molar-refractivity contribution in [3.63, 3.8) is 0 Å². The second kappa shape index (κ2) is 13.2. The lowest BCUT2D eigenvalue weighted by molar-refractivity contribution is -0.757. The summed E-state index contributed by atoms with van der Waals surface area (Å²) in [5.41, 5.74) is 0.522. The number of carbonyl (C=O) groups excluding carboxylic acids is 1. The lowest BCUT2D eigenvalue weighted by Crippen LogP contribution is -2.33. The van der Waals surface area contributed by atoms with Gasteiger partial charge in [-0.05, 0) is 45.2 Å². The number of sulfonamides is 1. The molecule has 0 aliphatic carbocycles. The van der Waals surface area contributed by atoms with Crippen LogP contribution in [-0.4, -0.2) is 52.9 Å². The summed E-state index contributed by atoms with van der Waals surface area (Å²) in [7, 11) is -7.33. The van der Waals surface area contributed by atoms with Crippen molar-refractivity contribution >= 4 is 37.2 Å². The van der Waals surface area contributed by atoms with Crippen LogP contribution in [0.15, 0.2) is 14.5 Å². The Kier molecular flexibility index (Phi) is 11.7. The van der Waals surface area contributed by atoms with Gasteiger partial charge in [0.05, 0.1) is 18.5 Å². The maximum Gasteiger partial charge on any atom is 0.305 e. The molecule has 2 rings (SSSR count). The molecule has 0 bridgehead atoms. The van der Waals surface area contributed by atoms with Crippen LogP contribution in [0.2, 0.25) is 0 Å². The average molecular weight is 530 g/mol. The number of carbonyl (C=O) groups is 1. The van der Waals surface area contributed by atoms with E-state index in [9.17, 15) is 31.7 Å². The van der Waals surface area contributed by atoms with Crippen LogP contribution in [0.5, 0.6) is 0 Å². The number of rotatable bonds is 11. The van der Waals surface area contributed by atoms with Gasteiger partial charge in [-0.3, -0.25) is 4.79 Å². The van der Waals surface area contributed by atoms with Crippen LogP contribution in [-0.2, 0) is 34.2 Å². The monoisotopic (exact) mass is 529 g/mol. The van der Waals surface area contributed by atoms with Crippen LogP contribution < -0.4 is 10.5 Å². The van der Waals surface area contributed by atoms with Crippen molar-refractivity contribution in [2.75, 3.05) is 19.8 Å². The van der Waals surface area contributed by atoms with Crippen LogP contribution in [0.25, 0.3) is 0 Å². The van der Waals surface area contributed by atoms with Gasteiger partial charge in [0.25, 0.3) is 5.09 Å². The molecule has 0 radical (unpaired) electrons. The van der Waals surface area contributed by atoms with Gasteiger partial charge in [0.2, 0.25) is 10.0 Å². The predicted molar refractivity (Wildman–Crippen MR) is 121 cm³/mol. The van der Waals surface area contributed by atoms with Crippen molar-refractivity contribution in [2.24, 2.45) is 5.14 Å². The number of thiophene rings is 1. The number of ether oxygens (including phenoxy) is 1. The molecule has 3 N–H and O–H groups in total. The summed E-state index contributed by atoms with van der Waals surface area (Å²) in [6, 6.07) is 1.23. The number of hydrogen-bond donors (Lipinski definition) is 2. The number of primary sulfonamides is 1. The molecule has 1 aromatic rings. The van der Waals surface area contributed by atoms with E-state index >= 15 is 0 Å². The van der Waals surface area contributed by atoms with E-state index in [-0.39, 0.29) is 27.0 Å². The van der Waals surface area contributed by atoms with E-state index < -0.39 is 30.2 Å². The van der Waals surface area contributed by atoms with Gasteiger partial charge in [0.1, 0.15) is 8.42 Å². The smallest absolute Gasteiger partial charge is 0.305 e. The topological polar surface area (TPSA) is 185 Å². The molecule has 12 nitrogen and oxygen atoms in total. The van der Waals surface area contributed by atoms with Crippen molar-refractivity contribution in [3.8, 4) is 0 Å². The molecule has 2 heterocycles. The van der Waals surface area contributed by atoms with Gasteiger partial charge in [-0.15, -0.1) is 21.5 Å². The van der Waals surface area contributed by atoms with Gasteiger partial charge in [0.15, 0.2) is 9.84 Å². The molecule has 0 fully saturated rings. The average Bonchev–Trinajstić information content (AvgIpc) is 3.17. The maximum atomic E-state index is 12.2. The Morgan fingerprint density at radius 1 is 1.33 bits per heavy atom. The standard InChI is InChI=1S/C10H16N2O4S3.C8H15NO5/c1-3-12-8-4-6(2)18(13,14)10-7(8)5-9(17-10)19(11,15)16;1-2-5-8(10)13-6-3-4-7-14-9(11)12/h5-6,8,12H,3-4H2,1-2H3,(H2,11,15,16);2-7H2,1H3/t6-,8-;/m0./s1. The van der Waals surface area contributed by atoms with Gasteiger partial charge in [-0.1, -0.05) is 13.8 Å². The normalized spacial score (nSPS) is 19.0. The van der Waals surface area contributed by atoms with E-state index in [0.717, 1.165) is 17.8 Å². The van der Waals surface area contributed by atoms with Crippen LogP contribution in [0.4, 0.5) is 0 Å². The minimum atomic E-state index is -3.88. The first-order valence-corrected chi connectivity index (χ1v) is 14.3. The molecule has 0 spiro atoms. The molecule has 1 aliphatic rings. The molecule has 0 amide bonds. The number of esters is 1. The fourth-order valence-corrected chi connectivity index (χ4v) is 7.40. The number of unbranched alkanes of at least 4 members (excludes halogenated alkanes) is 1. The highest BCUT2D eigenvalue weighted by molar-refractivity contribution is 7.95. The maximum absolute atomic E-state index is 12.2. The molecule has 0 unspecified atom stereocenters. The van der Waals surface area contributed by atoms with Crippen molar-refractivity contribution in [1.82, 2.24) is 5.32 Å². The van der Waals surface area contributed by atoms with E-state index in [1.807, 2.05) is 13.8 Å². The largest absolute Gasteiger partial charge is 0.466 e. The van der Waals surface area contributed by atoms with Gasteiger partial charge in [-0.2, -0.15) is 0 Å². The molecule has 15 heteroatoms. The van der Waals surface area contributed by atoms with Crippen molar-refractivity contribution < 1.29 is 36.3 Å². The first-order chi connectivity index (χ1) is 15.3. The Balaban J connectivity index is 0.000000349. The highest BCUT2D eigenvalue weighted by Crippen LogP contribution is 2.42. The van der Waals surface area contributed by atoms with E-state index in [1.165, 1.54) is 6.07 Å². The Hall–Kier alpha value is -1.81. The van der Waals surface area contributed by atoms with E-state index in [4.69, 9.17) is 9.88 Å². The number of nitrogens with one attached hydrogen (secondary N) is 1. The Morgan fingerprint density at radius 2 is 1.97 bits per heavy atom. The second-order valence-corrected chi connectivity index (χ2v) is 12.7. The molecule has 190 valence electrons. The van der Waals surface area contributed by atoms with E-state index in [0.29, 0.717) is 44.4 Å². The molecule has 1 aliphatic heterocycles. The quantitative estimate of drug-likeness (QED) is 0.186. The lowest BCUT2D eigenvalue weighted by atomic mass is 10.1. The summed E-state index contributed by atoms with van der Waals surface area (Å²) in [5.74, 6) is -0.220. The van der Waals surface area contributed by atoms with Crippen LogP contribution in [0, 0.1) is 10.1 Å². The molecule has 0 saturated heterocycles. The van der Waals surface area contributed by atoms with Crippen molar-refractivity contribution in [3.05, 3.63) is 21.7 Å². The SMILES string of the molecule is CCCC(=O)OCCCCO[N+](=O)[O-].CCN[C@H]1C[C@H](C)S(=O)(=O)c2sc(S(N)(=O)=O)cc21. The van der Waals surface area contributed by atoms with Gasteiger partial charge in [0, 0.05) is 18.0 Å². The minimum absolute atomic E-state index is 0.0539. The second-order valence-electron chi connectivity index (χ2n) is 7.29. The number of nitrogens with two attached hydrogens (primary N) is 1. The summed E-state index contributed by atoms with van der Waals surface area (Å²) < 4.78 is 52.1. The summed E-state index contributed by atoms with van der Waals surface area (Å²) in [6.45, 7) is 6.49. The third-order valence-corrected chi connectivity index (χ3v) is 9.93. The number of sulfone groups is 1. The first-order valence-electron chi connectivity index (χ1n) is 10.4. The highest BCUT2D eigenvalue weighted by Gasteiger charge is 2.39. The van der Waals surface area contributed by atoms with Crippen LogP contribution >= 0.6 is 11.3 Å². The number of hydrogen-bond acceptors (Lipinski definition) is 11. The number of fused-ring (bicyclic) bond motifs is 1. The van der Waals surface area contributed by atoms with Gasteiger partial charge in [-0.25, -0.2) is 22.0 Å². The molecule has 0 aromatic carbocycles. The minimum Gasteiger partial charge on any atom is -0.466 e. The number of nitrogens with zero attached hydrogens (tertiary/aromatic N) is 1. The summed E-state index contributed by atoms with van der Waals surface area (Å²) in [6.07, 6.45) is 2.72. The Labute approximate surface area is 197 Å². The van der Waals surface area contributed by atoms with Crippen molar-refractivity contribution in [1.29, 1.82) is 0 Å². The zero-order valence-electron chi connectivity index (χ0n) is 18.8. The van der Waals surface area contributed by atoms with Crippen LogP contribution in [0.1, 0.15) is 64.5 Å². The van der Waals surface area contributed by atoms with Crippen LogP contribution in [0.3, 0.4) is 0 Å². The lowest BCUT2D eigenvalue weighted by Gasteiger charge is -2.27. The third kappa shape index (κ3) is 9.16.